The van der Waals surface area contributed by atoms with Gasteiger partial charge >= 0.3 is 0 Å². The highest BCUT2D eigenvalue weighted by Gasteiger charge is 2.08. The van der Waals surface area contributed by atoms with Crippen molar-refractivity contribution in [1.82, 2.24) is 20.3 Å². The van der Waals surface area contributed by atoms with Gasteiger partial charge in [0.25, 0.3) is 0 Å². The lowest BCUT2D eigenvalue weighted by Crippen LogP contribution is -2.19. The molecule has 18 heavy (non-hydrogen) atoms. The van der Waals surface area contributed by atoms with Crippen LogP contribution < -0.4 is 10.1 Å². The molecule has 0 aliphatic rings. The monoisotopic (exact) mass is 244 g/mol. The highest BCUT2D eigenvalue weighted by atomic mass is 16.5. The number of pyridine rings is 1. The molecule has 5 nitrogen and oxygen atoms in total. The summed E-state index contributed by atoms with van der Waals surface area (Å²) in [6.07, 6.45) is 6.84. The molecular weight excluding hydrogens is 228 g/mol. The van der Waals surface area contributed by atoms with Crippen molar-refractivity contribution in [3.8, 4) is 5.88 Å². The number of hydrogen-bond acceptors (Lipinski definition) is 5. The van der Waals surface area contributed by atoms with Crippen LogP contribution in [0.15, 0.2) is 36.9 Å². The lowest BCUT2D eigenvalue weighted by molar-refractivity contribution is 0.389. The van der Waals surface area contributed by atoms with E-state index in [2.05, 4.69) is 20.3 Å². The van der Waals surface area contributed by atoms with Gasteiger partial charge in [0.1, 0.15) is 0 Å². The Morgan fingerprint density at radius 2 is 2.17 bits per heavy atom. The first-order valence-corrected chi connectivity index (χ1v) is 5.78. The Morgan fingerprint density at radius 3 is 2.89 bits per heavy atom. The highest BCUT2D eigenvalue weighted by Crippen LogP contribution is 2.15. The van der Waals surface area contributed by atoms with Crippen LogP contribution in [0.25, 0.3) is 0 Å². The molecule has 94 valence electrons. The lowest BCUT2D eigenvalue weighted by Gasteiger charge is -2.13. The highest BCUT2D eigenvalue weighted by molar-refractivity contribution is 5.25. The molecular formula is C13H16N4O. The standard InChI is InChI=1S/C13H16N4O/c1-10(12-9-14-6-7-15-12)17-8-11-4-3-5-16-13(11)18-2/h3-7,9-10,17H,8H2,1-2H3. The largest absolute Gasteiger partial charge is 0.481 e. The fourth-order valence-corrected chi connectivity index (χ4v) is 1.64. The van der Waals surface area contributed by atoms with Crippen molar-refractivity contribution in [3.63, 3.8) is 0 Å². The molecule has 1 unspecified atom stereocenters. The Hall–Kier alpha value is -2.01. The second-order valence-corrected chi connectivity index (χ2v) is 3.90. The lowest BCUT2D eigenvalue weighted by atomic mass is 10.2. The number of aromatic nitrogens is 3. The first-order chi connectivity index (χ1) is 8.81. The molecule has 0 radical (unpaired) electrons. The van der Waals surface area contributed by atoms with E-state index in [1.165, 1.54) is 0 Å². The maximum atomic E-state index is 5.20. The van der Waals surface area contributed by atoms with Crippen molar-refractivity contribution in [2.45, 2.75) is 19.5 Å². The fourth-order valence-electron chi connectivity index (χ4n) is 1.64. The van der Waals surface area contributed by atoms with Crippen molar-refractivity contribution < 1.29 is 4.74 Å². The normalized spacial score (nSPS) is 12.1. The van der Waals surface area contributed by atoms with Gasteiger partial charge < -0.3 is 10.1 Å². The Morgan fingerprint density at radius 1 is 1.28 bits per heavy atom. The van der Waals surface area contributed by atoms with E-state index >= 15 is 0 Å². The number of nitrogens with zero attached hydrogens (tertiary/aromatic N) is 3. The maximum Gasteiger partial charge on any atom is 0.217 e. The smallest absolute Gasteiger partial charge is 0.217 e. The molecule has 2 aromatic rings. The zero-order valence-corrected chi connectivity index (χ0v) is 10.5. The van der Waals surface area contributed by atoms with Gasteiger partial charge in [0.2, 0.25) is 5.88 Å². The van der Waals surface area contributed by atoms with Crippen LogP contribution in [0.2, 0.25) is 0 Å². The van der Waals surface area contributed by atoms with Crippen molar-refractivity contribution in [2.75, 3.05) is 7.11 Å². The molecule has 0 bridgehead atoms. The molecule has 0 aliphatic carbocycles. The number of methoxy groups -OCH3 is 1. The van der Waals surface area contributed by atoms with Gasteiger partial charge in [-0.05, 0) is 13.0 Å². The van der Waals surface area contributed by atoms with Crippen LogP contribution in [0.3, 0.4) is 0 Å². The van der Waals surface area contributed by atoms with Gasteiger partial charge in [0.05, 0.1) is 12.8 Å². The van der Waals surface area contributed by atoms with E-state index in [-0.39, 0.29) is 6.04 Å². The van der Waals surface area contributed by atoms with Crippen molar-refractivity contribution >= 4 is 0 Å². The van der Waals surface area contributed by atoms with Gasteiger partial charge in [-0.1, -0.05) is 6.07 Å². The van der Waals surface area contributed by atoms with Crippen LogP contribution in [-0.4, -0.2) is 22.1 Å². The Labute approximate surface area is 106 Å². The van der Waals surface area contributed by atoms with Crippen LogP contribution in [0.5, 0.6) is 5.88 Å². The van der Waals surface area contributed by atoms with Crippen LogP contribution >= 0.6 is 0 Å². The van der Waals surface area contributed by atoms with Crippen molar-refractivity contribution in [1.29, 1.82) is 0 Å². The maximum absolute atomic E-state index is 5.20. The Bertz CT molecular complexity index is 489. The van der Waals surface area contributed by atoms with Gasteiger partial charge in [-0.2, -0.15) is 0 Å². The average Bonchev–Trinajstić information content (AvgIpc) is 2.46. The number of hydrogen-bond donors (Lipinski definition) is 1. The number of rotatable bonds is 5. The van der Waals surface area contributed by atoms with Crippen molar-refractivity contribution in [2.24, 2.45) is 0 Å². The van der Waals surface area contributed by atoms with E-state index in [9.17, 15) is 0 Å². The molecule has 2 rings (SSSR count). The number of nitrogens with one attached hydrogen (secondary N) is 1. The molecule has 1 atom stereocenters. The van der Waals surface area contributed by atoms with E-state index < -0.39 is 0 Å². The second-order valence-electron chi connectivity index (χ2n) is 3.90. The first-order valence-electron chi connectivity index (χ1n) is 5.78. The topological polar surface area (TPSA) is 59.9 Å². The second kappa shape index (κ2) is 6.07. The zero-order chi connectivity index (χ0) is 12.8. The summed E-state index contributed by atoms with van der Waals surface area (Å²) in [6.45, 7) is 2.72. The van der Waals surface area contributed by atoms with Gasteiger partial charge in [0, 0.05) is 42.9 Å². The summed E-state index contributed by atoms with van der Waals surface area (Å²) in [5.41, 5.74) is 1.94. The zero-order valence-electron chi connectivity index (χ0n) is 10.5. The third kappa shape index (κ3) is 3.01. The minimum atomic E-state index is 0.128. The molecule has 1 N–H and O–H groups in total. The van der Waals surface area contributed by atoms with Crippen LogP contribution in [0.4, 0.5) is 0 Å². The van der Waals surface area contributed by atoms with E-state index in [4.69, 9.17) is 4.74 Å². The van der Waals surface area contributed by atoms with Gasteiger partial charge in [-0.15, -0.1) is 0 Å². The minimum absolute atomic E-state index is 0.128. The molecule has 2 aromatic heterocycles. The predicted molar refractivity (Wildman–Crippen MR) is 68.1 cm³/mol. The van der Waals surface area contributed by atoms with Gasteiger partial charge in [-0.3, -0.25) is 9.97 Å². The molecule has 0 aromatic carbocycles. The molecule has 0 saturated carbocycles. The van der Waals surface area contributed by atoms with Crippen LogP contribution in [-0.2, 0) is 6.54 Å². The summed E-state index contributed by atoms with van der Waals surface area (Å²) >= 11 is 0. The van der Waals surface area contributed by atoms with E-state index in [0.717, 1.165) is 11.3 Å². The summed E-state index contributed by atoms with van der Waals surface area (Å²) in [5, 5.41) is 3.37. The molecule has 0 amide bonds. The molecule has 2 heterocycles. The summed E-state index contributed by atoms with van der Waals surface area (Å²) < 4.78 is 5.20. The first kappa shape index (κ1) is 12.4. The average molecular weight is 244 g/mol. The summed E-state index contributed by atoms with van der Waals surface area (Å²) in [5.74, 6) is 0.649. The van der Waals surface area contributed by atoms with E-state index in [1.54, 1.807) is 31.9 Å². The van der Waals surface area contributed by atoms with Crippen LogP contribution in [0, 0.1) is 0 Å². The van der Waals surface area contributed by atoms with E-state index in [1.807, 2.05) is 19.1 Å². The van der Waals surface area contributed by atoms with Gasteiger partial charge in [-0.25, -0.2) is 4.98 Å². The molecule has 0 fully saturated rings. The summed E-state index contributed by atoms with van der Waals surface area (Å²) in [6, 6.07) is 4.01. The predicted octanol–water partition coefficient (Wildman–Crippen LogP) is 1.73. The van der Waals surface area contributed by atoms with Gasteiger partial charge in [0.15, 0.2) is 0 Å². The molecule has 5 heteroatoms. The minimum Gasteiger partial charge on any atom is -0.481 e. The van der Waals surface area contributed by atoms with Crippen LogP contribution in [0.1, 0.15) is 24.2 Å². The fraction of sp³-hybridized carbons (Fsp3) is 0.308. The quantitative estimate of drug-likeness (QED) is 0.868. The molecule has 0 spiro atoms. The Kier molecular flexibility index (Phi) is 4.20. The third-order valence-electron chi connectivity index (χ3n) is 2.67. The SMILES string of the molecule is COc1ncccc1CNC(C)c1cnccn1. The summed E-state index contributed by atoms with van der Waals surface area (Å²) in [4.78, 5) is 12.5. The Balaban J connectivity index is 1.99. The molecule has 0 aliphatic heterocycles. The third-order valence-corrected chi connectivity index (χ3v) is 2.67. The van der Waals surface area contributed by atoms with E-state index in [0.29, 0.717) is 12.4 Å². The number of ether oxygens (including phenoxy) is 1. The summed E-state index contributed by atoms with van der Waals surface area (Å²) in [7, 11) is 1.62. The molecule has 0 saturated heterocycles. The van der Waals surface area contributed by atoms with Crippen molar-refractivity contribution in [3.05, 3.63) is 48.2 Å².